The highest BCUT2D eigenvalue weighted by Gasteiger charge is 1.92. The van der Waals surface area contributed by atoms with Gasteiger partial charge in [0.05, 0.1) is 0 Å². The third-order valence-corrected chi connectivity index (χ3v) is 0.771. The summed E-state index contributed by atoms with van der Waals surface area (Å²) in [6.07, 6.45) is 3.48. The molecule has 0 fully saturated rings. The van der Waals surface area contributed by atoms with Gasteiger partial charge in [-0.1, -0.05) is 12.5 Å². The predicted molar refractivity (Wildman–Crippen MR) is 40.6 cm³/mol. The lowest BCUT2D eigenvalue weighted by atomic mass is 10.6. The molecule has 3 heteroatoms. The predicted octanol–water partition coefficient (Wildman–Crippen LogP) is 0.713. The fourth-order valence-electron chi connectivity index (χ4n) is 0.366. The molecule has 0 atom stereocenters. The summed E-state index contributed by atoms with van der Waals surface area (Å²) in [6.45, 7) is 5.39. The van der Waals surface area contributed by atoms with Crippen LogP contribution < -0.4 is 0 Å². The van der Waals surface area contributed by atoms with Gasteiger partial charge >= 0.3 is 5.97 Å². The Morgan fingerprint density at radius 3 is 2.91 bits per heavy atom. The molecule has 0 heterocycles. The zero-order chi connectivity index (χ0) is 8.53. The molecule has 0 amide bonds. The molecule has 0 spiro atoms. The molecule has 0 bridgehead atoms. The number of rotatable bonds is 4. The Morgan fingerprint density at radius 2 is 2.36 bits per heavy atom. The molecule has 0 aliphatic carbocycles. The van der Waals surface area contributed by atoms with Crippen molar-refractivity contribution in [2.75, 3.05) is 13.2 Å². The fourth-order valence-corrected chi connectivity index (χ4v) is 0.366. The molecular weight excluding hydrogens is 144 g/mol. The van der Waals surface area contributed by atoms with E-state index in [1.807, 2.05) is 0 Å². The third kappa shape index (κ3) is 6.46. The van der Waals surface area contributed by atoms with E-state index < -0.39 is 5.97 Å². The van der Waals surface area contributed by atoms with Crippen molar-refractivity contribution in [3.8, 4) is 12.0 Å². The highest BCUT2D eigenvalue weighted by molar-refractivity contribution is 5.81. The summed E-state index contributed by atoms with van der Waals surface area (Å²) in [5.74, 6) is 2.09. The zero-order valence-electron chi connectivity index (χ0n) is 6.42. The van der Waals surface area contributed by atoms with Gasteiger partial charge in [0, 0.05) is 13.0 Å². The van der Waals surface area contributed by atoms with E-state index in [0.717, 1.165) is 6.08 Å². The van der Waals surface area contributed by atoms with Crippen molar-refractivity contribution >= 4 is 5.97 Å². The quantitative estimate of drug-likeness (QED) is 0.259. The second kappa shape index (κ2) is 6.69. The largest absolute Gasteiger partial charge is 0.459 e. The fraction of sp³-hybridized carbons (Fsp3) is 0.375. The first kappa shape index (κ1) is 9.57. The molecule has 0 aromatic rings. The number of ether oxygens (including phenoxy) is 2. The lowest BCUT2D eigenvalue weighted by molar-refractivity contribution is -0.138. The van der Waals surface area contributed by atoms with Gasteiger partial charge in [0.2, 0.25) is 0 Å². The molecule has 0 aromatic carbocycles. The van der Waals surface area contributed by atoms with Crippen molar-refractivity contribution in [2.24, 2.45) is 0 Å². The Morgan fingerprint density at radius 1 is 1.64 bits per heavy atom. The van der Waals surface area contributed by atoms with Crippen molar-refractivity contribution in [1.82, 2.24) is 0 Å². The van der Waals surface area contributed by atoms with Gasteiger partial charge in [0.15, 0.2) is 0 Å². The van der Waals surface area contributed by atoms with Crippen LogP contribution >= 0.6 is 0 Å². The van der Waals surface area contributed by atoms with Crippen molar-refractivity contribution in [2.45, 2.75) is 6.92 Å². The lowest BCUT2D eigenvalue weighted by Gasteiger charge is -1.98. The molecule has 0 aromatic heterocycles. The van der Waals surface area contributed by atoms with E-state index in [9.17, 15) is 4.79 Å². The van der Waals surface area contributed by atoms with Gasteiger partial charge < -0.3 is 9.47 Å². The standard InChI is InChI=1S/C8H10O3/c1-3-5-10-6-7-11-8(9)4-2/h4H,2,6-7H2,1H3. The molecule has 11 heavy (non-hydrogen) atoms. The van der Waals surface area contributed by atoms with Crippen LogP contribution in [0.3, 0.4) is 0 Å². The molecule has 3 nitrogen and oxygen atoms in total. The van der Waals surface area contributed by atoms with Crippen molar-refractivity contribution < 1.29 is 14.3 Å². The number of carbonyl (C=O) groups excluding carboxylic acids is 1. The molecule has 0 saturated heterocycles. The monoisotopic (exact) mass is 154 g/mol. The summed E-state index contributed by atoms with van der Waals surface area (Å²) < 4.78 is 9.29. The third-order valence-electron chi connectivity index (χ3n) is 0.771. The highest BCUT2D eigenvalue weighted by atomic mass is 16.6. The smallest absolute Gasteiger partial charge is 0.330 e. The molecule has 60 valence electrons. The van der Waals surface area contributed by atoms with Gasteiger partial charge in [0.25, 0.3) is 0 Å². The summed E-state index contributed by atoms with van der Waals surface area (Å²) in [5.41, 5.74) is 0. The average Bonchev–Trinajstić information content (AvgIpc) is 2.04. The van der Waals surface area contributed by atoms with Crippen LogP contribution in [0.5, 0.6) is 0 Å². The summed E-state index contributed by atoms with van der Waals surface area (Å²) in [5, 5.41) is 0. The van der Waals surface area contributed by atoms with Crippen LogP contribution in [0, 0.1) is 12.0 Å². The first-order valence-corrected chi connectivity index (χ1v) is 3.14. The average molecular weight is 154 g/mol. The minimum Gasteiger partial charge on any atom is -0.459 e. The van der Waals surface area contributed by atoms with E-state index >= 15 is 0 Å². The maximum Gasteiger partial charge on any atom is 0.330 e. The molecule has 0 aliphatic heterocycles. The maximum atomic E-state index is 10.4. The van der Waals surface area contributed by atoms with Gasteiger partial charge in [-0.25, -0.2) is 4.79 Å². The van der Waals surface area contributed by atoms with Gasteiger partial charge in [-0.2, -0.15) is 0 Å². The minimum absolute atomic E-state index is 0.208. The number of hydrogen-bond donors (Lipinski definition) is 0. The van der Waals surface area contributed by atoms with Crippen LogP contribution in [0.1, 0.15) is 6.92 Å². The van der Waals surface area contributed by atoms with Crippen molar-refractivity contribution in [3.05, 3.63) is 12.7 Å². The zero-order valence-corrected chi connectivity index (χ0v) is 6.42. The Balaban J connectivity index is 3.18. The van der Waals surface area contributed by atoms with Crippen LogP contribution in [-0.2, 0) is 14.3 Å². The topological polar surface area (TPSA) is 35.5 Å². The lowest BCUT2D eigenvalue weighted by Crippen LogP contribution is -2.06. The molecular formula is C8H10O3. The van der Waals surface area contributed by atoms with Crippen LogP contribution in [-0.4, -0.2) is 19.2 Å². The van der Waals surface area contributed by atoms with E-state index in [2.05, 4.69) is 23.3 Å². The first-order chi connectivity index (χ1) is 5.31. The van der Waals surface area contributed by atoms with Gasteiger partial charge in [-0.05, 0) is 0 Å². The van der Waals surface area contributed by atoms with Crippen molar-refractivity contribution in [3.63, 3.8) is 0 Å². The Hall–Kier alpha value is -1.43. The summed E-state index contributed by atoms with van der Waals surface area (Å²) in [7, 11) is 0. The summed E-state index contributed by atoms with van der Waals surface area (Å²) in [4.78, 5) is 10.4. The van der Waals surface area contributed by atoms with Gasteiger partial charge in [-0.15, -0.1) is 0 Å². The second-order valence-electron chi connectivity index (χ2n) is 1.57. The van der Waals surface area contributed by atoms with Crippen molar-refractivity contribution in [1.29, 1.82) is 0 Å². The maximum absolute atomic E-state index is 10.4. The Labute approximate surface area is 66.0 Å². The second-order valence-corrected chi connectivity index (χ2v) is 1.57. The van der Waals surface area contributed by atoms with Crippen LogP contribution in [0.4, 0.5) is 0 Å². The van der Waals surface area contributed by atoms with Crippen LogP contribution in [0.15, 0.2) is 12.7 Å². The molecule has 0 N–H and O–H groups in total. The number of carbonyl (C=O) groups is 1. The Bertz CT molecular complexity index is 185. The molecule has 0 radical (unpaired) electrons. The normalized spacial score (nSPS) is 7.36. The van der Waals surface area contributed by atoms with Gasteiger partial charge in [-0.3, -0.25) is 0 Å². The van der Waals surface area contributed by atoms with E-state index in [1.54, 1.807) is 6.92 Å². The first-order valence-electron chi connectivity index (χ1n) is 3.14. The minimum atomic E-state index is -0.446. The number of hydrogen-bond acceptors (Lipinski definition) is 3. The van der Waals surface area contributed by atoms with Crippen LogP contribution in [0.25, 0.3) is 0 Å². The van der Waals surface area contributed by atoms with E-state index in [0.29, 0.717) is 6.61 Å². The SMILES string of the molecule is C=CC(=O)OCCOC#CC. The van der Waals surface area contributed by atoms with E-state index in [4.69, 9.17) is 4.74 Å². The summed E-state index contributed by atoms with van der Waals surface area (Å²) in [6, 6.07) is 0. The molecule has 0 saturated carbocycles. The summed E-state index contributed by atoms with van der Waals surface area (Å²) >= 11 is 0. The van der Waals surface area contributed by atoms with Gasteiger partial charge in [0.1, 0.15) is 19.3 Å². The molecule has 0 aliphatic rings. The highest BCUT2D eigenvalue weighted by Crippen LogP contribution is 1.79. The molecule has 0 rings (SSSR count). The van der Waals surface area contributed by atoms with E-state index in [-0.39, 0.29) is 6.61 Å². The van der Waals surface area contributed by atoms with Crippen LogP contribution in [0.2, 0.25) is 0 Å². The Kier molecular flexibility index (Phi) is 5.82. The van der Waals surface area contributed by atoms with E-state index in [1.165, 1.54) is 0 Å². The molecule has 0 unspecified atom stereocenters. The number of esters is 1.